The van der Waals surface area contributed by atoms with Crippen molar-refractivity contribution in [2.75, 3.05) is 0 Å². The Bertz CT molecular complexity index is 394. The van der Waals surface area contributed by atoms with E-state index < -0.39 is 0 Å². The fourth-order valence-electron chi connectivity index (χ4n) is 0.991. The second kappa shape index (κ2) is 2.57. The SMILES string of the molecule is Fc1csc2c(Br)cccc12. The molecular formula is C8H4BrFS. The zero-order valence-electron chi connectivity index (χ0n) is 5.47. The molecule has 0 aliphatic heterocycles. The fourth-order valence-corrected chi connectivity index (χ4v) is 2.46. The van der Waals surface area contributed by atoms with Gasteiger partial charge in [0, 0.05) is 15.2 Å². The third-order valence-corrected chi connectivity index (χ3v) is 3.43. The Morgan fingerprint density at radius 3 is 2.91 bits per heavy atom. The highest BCUT2D eigenvalue weighted by Gasteiger charge is 2.04. The van der Waals surface area contributed by atoms with E-state index in [0.29, 0.717) is 5.39 Å². The molecule has 0 unspecified atom stereocenters. The van der Waals surface area contributed by atoms with E-state index in [0.717, 1.165) is 9.17 Å². The number of thiophene rings is 1. The van der Waals surface area contributed by atoms with Gasteiger partial charge in [0.05, 0.1) is 4.70 Å². The molecule has 1 heterocycles. The number of rotatable bonds is 0. The first kappa shape index (κ1) is 7.25. The molecule has 0 bridgehead atoms. The van der Waals surface area contributed by atoms with Crippen LogP contribution in [-0.2, 0) is 0 Å². The van der Waals surface area contributed by atoms with Crippen molar-refractivity contribution in [3.8, 4) is 0 Å². The van der Waals surface area contributed by atoms with Gasteiger partial charge in [-0.25, -0.2) is 4.39 Å². The predicted octanol–water partition coefficient (Wildman–Crippen LogP) is 3.80. The molecule has 0 amide bonds. The standard InChI is InChI=1S/C8H4BrFS/c9-6-3-1-2-5-7(10)4-11-8(5)6/h1-4H. The predicted molar refractivity (Wildman–Crippen MR) is 49.5 cm³/mol. The maximum absolute atomic E-state index is 12.9. The first-order chi connectivity index (χ1) is 5.29. The Morgan fingerprint density at radius 1 is 1.36 bits per heavy atom. The Balaban J connectivity index is 2.94. The maximum Gasteiger partial charge on any atom is 0.141 e. The number of benzene rings is 1. The minimum absolute atomic E-state index is 0.133. The van der Waals surface area contributed by atoms with Gasteiger partial charge in [-0.15, -0.1) is 11.3 Å². The molecular weight excluding hydrogens is 227 g/mol. The van der Waals surface area contributed by atoms with Crippen molar-refractivity contribution < 1.29 is 4.39 Å². The van der Waals surface area contributed by atoms with Gasteiger partial charge in [-0.05, 0) is 22.0 Å². The highest BCUT2D eigenvalue weighted by Crippen LogP contribution is 2.30. The van der Waals surface area contributed by atoms with E-state index in [-0.39, 0.29) is 5.82 Å². The molecule has 0 spiro atoms. The number of hydrogen-bond donors (Lipinski definition) is 0. The molecule has 11 heavy (non-hydrogen) atoms. The van der Waals surface area contributed by atoms with Crippen LogP contribution in [0.3, 0.4) is 0 Å². The van der Waals surface area contributed by atoms with Crippen LogP contribution in [0.15, 0.2) is 28.1 Å². The van der Waals surface area contributed by atoms with E-state index in [1.165, 1.54) is 16.7 Å². The van der Waals surface area contributed by atoms with Gasteiger partial charge in [0.1, 0.15) is 5.82 Å². The van der Waals surface area contributed by atoms with E-state index in [1.54, 1.807) is 6.07 Å². The van der Waals surface area contributed by atoms with Crippen molar-refractivity contribution >= 4 is 37.4 Å². The van der Waals surface area contributed by atoms with Crippen LogP contribution in [0.2, 0.25) is 0 Å². The highest BCUT2D eigenvalue weighted by atomic mass is 79.9. The van der Waals surface area contributed by atoms with Gasteiger partial charge in [0.15, 0.2) is 0 Å². The van der Waals surface area contributed by atoms with Crippen molar-refractivity contribution in [3.63, 3.8) is 0 Å². The third-order valence-electron chi connectivity index (χ3n) is 1.50. The van der Waals surface area contributed by atoms with Gasteiger partial charge in [-0.2, -0.15) is 0 Å². The molecule has 0 aliphatic carbocycles. The van der Waals surface area contributed by atoms with Crippen LogP contribution >= 0.6 is 27.3 Å². The van der Waals surface area contributed by atoms with Crippen LogP contribution in [0.4, 0.5) is 4.39 Å². The molecule has 2 rings (SSSR count). The van der Waals surface area contributed by atoms with Crippen LogP contribution in [0.25, 0.3) is 10.1 Å². The van der Waals surface area contributed by atoms with E-state index in [1.807, 2.05) is 12.1 Å². The molecule has 0 nitrogen and oxygen atoms in total. The van der Waals surface area contributed by atoms with Crippen LogP contribution in [0.1, 0.15) is 0 Å². The molecule has 0 saturated carbocycles. The zero-order valence-corrected chi connectivity index (χ0v) is 7.88. The minimum atomic E-state index is -0.133. The van der Waals surface area contributed by atoms with Crippen molar-refractivity contribution in [2.24, 2.45) is 0 Å². The summed E-state index contributed by atoms with van der Waals surface area (Å²) >= 11 is 4.77. The van der Waals surface area contributed by atoms with Gasteiger partial charge in [0.2, 0.25) is 0 Å². The van der Waals surface area contributed by atoms with Gasteiger partial charge in [-0.3, -0.25) is 0 Å². The Hall–Kier alpha value is -0.410. The minimum Gasteiger partial charge on any atom is -0.205 e. The molecule has 0 fully saturated rings. The average Bonchev–Trinajstić information content (AvgIpc) is 2.35. The molecule has 0 radical (unpaired) electrons. The second-order valence-corrected chi connectivity index (χ2v) is 3.93. The Morgan fingerprint density at radius 2 is 2.18 bits per heavy atom. The monoisotopic (exact) mass is 230 g/mol. The zero-order chi connectivity index (χ0) is 7.84. The van der Waals surface area contributed by atoms with Gasteiger partial charge in [-0.1, -0.05) is 12.1 Å². The molecule has 2 aromatic rings. The summed E-state index contributed by atoms with van der Waals surface area (Å²) in [7, 11) is 0. The van der Waals surface area contributed by atoms with Crippen LogP contribution in [-0.4, -0.2) is 0 Å². The second-order valence-electron chi connectivity index (χ2n) is 2.20. The molecule has 0 N–H and O–H groups in total. The van der Waals surface area contributed by atoms with Crippen LogP contribution in [0, 0.1) is 5.82 Å². The lowest BCUT2D eigenvalue weighted by Crippen LogP contribution is -1.68. The van der Waals surface area contributed by atoms with Crippen LogP contribution in [0.5, 0.6) is 0 Å². The summed E-state index contributed by atoms with van der Waals surface area (Å²) in [5.41, 5.74) is 0. The highest BCUT2D eigenvalue weighted by molar-refractivity contribution is 9.10. The number of fused-ring (bicyclic) bond motifs is 1. The van der Waals surface area contributed by atoms with Crippen molar-refractivity contribution in [1.82, 2.24) is 0 Å². The lowest BCUT2D eigenvalue weighted by molar-refractivity contribution is 0.644. The van der Waals surface area contributed by atoms with Gasteiger partial charge < -0.3 is 0 Å². The molecule has 0 saturated heterocycles. The summed E-state index contributed by atoms with van der Waals surface area (Å²) in [6, 6.07) is 5.53. The smallest absolute Gasteiger partial charge is 0.141 e. The maximum atomic E-state index is 12.9. The molecule has 1 aromatic heterocycles. The summed E-state index contributed by atoms with van der Waals surface area (Å²) < 4.78 is 14.9. The quantitative estimate of drug-likeness (QED) is 0.646. The lowest BCUT2D eigenvalue weighted by Gasteiger charge is -1.90. The normalized spacial score (nSPS) is 10.7. The van der Waals surface area contributed by atoms with Crippen LogP contribution < -0.4 is 0 Å². The summed E-state index contributed by atoms with van der Waals surface area (Å²) in [6.45, 7) is 0. The van der Waals surface area contributed by atoms with E-state index in [4.69, 9.17) is 0 Å². The largest absolute Gasteiger partial charge is 0.205 e. The average molecular weight is 231 g/mol. The molecule has 0 atom stereocenters. The van der Waals surface area contributed by atoms with Crippen molar-refractivity contribution in [1.29, 1.82) is 0 Å². The summed E-state index contributed by atoms with van der Waals surface area (Å²) in [6.07, 6.45) is 0. The number of hydrogen-bond acceptors (Lipinski definition) is 1. The summed E-state index contributed by atoms with van der Waals surface area (Å²) in [5.74, 6) is -0.133. The summed E-state index contributed by atoms with van der Waals surface area (Å²) in [5, 5.41) is 2.22. The Kier molecular flexibility index (Phi) is 1.69. The third kappa shape index (κ3) is 1.08. The van der Waals surface area contributed by atoms with Gasteiger partial charge in [0.25, 0.3) is 0 Å². The van der Waals surface area contributed by atoms with E-state index >= 15 is 0 Å². The molecule has 0 aliphatic rings. The molecule has 56 valence electrons. The number of halogens is 2. The van der Waals surface area contributed by atoms with Crippen molar-refractivity contribution in [2.45, 2.75) is 0 Å². The topological polar surface area (TPSA) is 0 Å². The Labute approximate surface area is 75.8 Å². The fraction of sp³-hybridized carbons (Fsp3) is 0. The first-order valence-corrected chi connectivity index (χ1v) is 4.77. The summed E-state index contributed by atoms with van der Waals surface area (Å²) in [4.78, 5) is 0. The van der Waals surface area contributed by atoms with Gasteiger partial charge >= 0.3 is 0 Å². The van der Waals surface area contributed by atoms with E-state index in [9.17, 15) is 4.39 Å². The first-order valence-electron chi connectivity index (χ1n) is 3.10. The van der Waals surface area contributed by atoms with E-state index in [2.05, 4.69) is 15.9 Å². The molecule has 3 heteroatoms. The molecule has 1 aromatic carbocycles. The lowest BCUT2D eigenvalue weighted by atomic mass is 10.3. The van der Waals surface area contributed by atoms with Crippen molar-refractivity contribution in [3.05, 3.63) is 33.9 Å².